The monoisotopic (exact) mass is 394 g/mol. The van der Waals surface area contributed by atoms with Crippen LogP contribution in [0.2, 0.25) is 0 Å². The zero-order chi connectivity index (χ0) is 19.5. The van der Waals surface area contributed by atoms with Crippen molar-refractivity contribution < 1.29 is 14.3 Å². The zero-order valence-electron chi connectivity index (χ0n) is 15.9. The highest BCUT2D eigenvalue weighted by molar-refractivity contribution is 5.94. The number of aromatic nitrogens is 2. The Labute approximate surface area is 167 Å². The van der Waals surface area contributed by atoms with Crippen molar-refractivity contribution in [1.29, 1.82) is 0 Å². The molecule has 4 fully saturated rings. The summed E-state index contributed by atoms with van der Waals surface area (Å²) in [7, 11) is 0. The lowest BCUT2D eigenvalue weighted by Gasteiger charge is -2.51. The lowest BCUT2D eigenvalue weighted by atomic mass is 9.75. The molecule has 1 aromatic carbocycles. The summed E-state index contributed by atoms with van der Waals surface area (Å²) in [5, 5.41) is 0. The van der Waals surface area contributed by atoms with Crippen molar-refractivity contribution >= 4 is 5.91 Å². The second kappa shape index (κ2) is 6.32. The van der Waals surface area contributed by atoms with Crippen LogP contribution in [0.3, 0.4) is 0 Å². The van der Waals surface area contributed by atoms with Crippen LogP contribution in [0.1, 0.15) is 34.7 Å². The van der Waals surface area contributed by atoms with Crippen molar-refractivity contribution in [3.05, 3.63) is 52.2 Å². The molecule has 5 aliphatic heterocycles. The van der Waals surface area contributed by atoms with Crippen LogP contribution < -0.4 is 15.0 Å². The average Bonchev–Trinajstić information content (AvgIpc) is 3.40. The molecule has 0 radical (unpaired) electrons. The molecule has 150 valence electrons. The van der Waals surface area contributed by atoms with Gasteiger partial charge in [-0.1, -0.05) is 6.07 Å². The Morgan fingerprint density at radius 1 is 1.14 bits per heavy atom. The smallest absolute Gasteiger partial charge is 0.263 e. The van der Waals surface area contributed by atoms with Crippen LogP contribution in [0.5, 0.6) is 11.5 Å². The van der Waals surface area contributed by atoms with Crippen LogP contribution in [-0.4, -0.2) is 64.2 Å². The minimum Gasteiger partial charge on any atom is -0.454 e. The van der Waals surface area contributed by atoms with Crippen molar-refractivity contribution in [3.63, 3.8) is 0 Å². The molecule has 7 rings (SSSR count). The Hall–Kier alpha value is -2.87. The maximum Gasteiger partial charge on any atom is 0.263 e. The molecule has 29 heavy (non-hydrogen) atoms. The number of benzene rings is 1. The highest BCUT2D eigenvalue weighted by Crippen LogP contribution is 2.48. The van der Waals surface area contributed by atoms with E-state index in [9.17, 15) is 9.59 Å². The van der Waals surface area contributed by atoms with E-state index in [4.69, 9.17) is 9.47 Å². The summed E-state index contributed by atoms with van der Waals surface area (Å²) in [6, 6.07) is 6.49. The number of aromatic amines is 1. The van der Waals surface area contributed by atoms with Crippen molar-refractivity contribution in [2.24, 2.45) is 5.92 Å². The number of amides is 1. The van der Waals surface area contributed by atoms with E-state index in [2.05, 4.69) is 27.0 Å². The second-order valence-electron chi connectivity index (χ2n) is 8.33. The molecule has 8 nitrogen and oxygen atoms in total. The van der Waals surface area contributed by atoms with E-state index < -0.39 is 0 Å². The van der Waals surface area contributed by atoms with Gasteiger partial charge in [0, 0.05) is 24.7 Å². The summed E-state index contributed by atoms with van der Waals surface area (Å²) in [5.74, 6) is 1.97. The van der Waals surface area contributed by atoms with Crippen LogP contribution in [0, 0.1) is 5.92 Å². The fourth-order valence-electron chi connectivity index (χ4n) is 5.74. The molecule has 6 heterocycles. The number of rotatable bonds is 2. The van der Waals surface area contributed by atoms with Crippen molar-refractivity contribution in [2.45, 2.75) is 30.8 Å². The zero-order valence-corrected chi connectivity index (χ0v) is 15.9. The number of piperidine rings is 3. The van der Waals surface area contributed by atoms with E-state index in [1.165, 1.54) is 12.5 Å². The van der Waals surface area contributed by atoms with Gasteiger partial charge in [-0.25, -0.2) is 4.98 Å². The molecule has 8 heteroatoms. The van der Waals surface area contributed by atoms with Gasteiger partial charge in [-0.2, -0.15) is 0 Å². The van der Waals surface area contributed by atoms with Crippen LogP contribution in [0.25, 0.3) is 0 Å². The molecule has 1 aromatic heterocycles. The summed E-state index contributed by atoms with van der Waals surface area (Å²) in [5.41, 5.74) is 0.899. The Morgan fingerprint density at radius 2 is 1.97 bits per heavy atom. The van der Waals surface area contributed by atoms with Gasteiger partial charge in [-0.15, -0.1) is 0 Å². The van der Waals surface area contributed by atoms with Crippen molar-refractivity contribution in [1.82, 2.24) is 19.8 Å². The standard InChI is InChI=1S/C21H22N4O4/c26-20-14(8-22-10-23-20)21(27)25-9-15(13-1-2-16-17(7-13)29-11-28-16)19-18(25)12-3-5-24(19)6-4-12/h1-2,7-8,10,12,15,18-19H,3-6,9,11H2,(H,22,23,26)/t15-,18+,19+/m1/s1. The van der Waals surface area contributed by atoms with Gasteiger partial charge >= 0.3 is 0 Å². The Morgan fingerprint density at radius 3 is 2.79 bits per heavy atom. The van der Waals surface area contributed by atoms with E-state index in [1.54, 1.807) is 0 Å². The van der Waals surface area contributed by atoms with Gasteiger partial charge in [0.2, 0.25) is 6.79 Å². The van der Waals surface area contributed by atoms with Crippen LogP contribution in [-0.2, 0) is 0 Å². The predicted octanol–water partition coefficient (Wildman–Crippen LogP) is 1.20. The molecule has 0 spiro atoms. The summed E-state index contributed by atoms with van der Waals surface area (Å²) in [6.07, 6.45) is 4.89. The quantitative estimate of drug-likeness (QED) is 0.824. The largest absolute Gasteiger partial charge is 0.454 e. The van der Waals surface area contributed by atoms with E-state index in [0.29, 0.717) is 12.5 Å². The molecule has 1 N–H and O–H groups in total. The first kappa shape index (κ1) is 17.0. The molecular formula is C21H22N4O4. The van der Waals surface area contributed by atoms with Gasteiger partial charge in [0.1, 0.15) is 5.56 Å². The average molecular weight is 394 g/mol. The number of nitrogens with one attached hydrogen (secondary N) is 1. The number of H-pyrrole nitrogens is 1. The Bertz CT molecular complexity index is 1030. The normalized spacial score (nSPS) is 31.7. The lowest BCUT2D eigenvalue weighted by molar-refractivity contribution is -0.00348. The van der Waals surface area contributed by atoms with Gasteiger partial charge < -0.3 is 19.4 Å². The molecule has 0 unspecified atom stereocenters. The molecule has 4 saturated heterocycles. The number of carbonyl (C=O) groups excluding carboxylic acids is 1. The lowest BCUT2D eigenvalue weighted by Crippen LogP contribution is -2.61. The van der Waals surface area contributed by atoms with E-state index in [-0.39, 0.29) is 41.8 Å². The summed E-state index contributed by atoms with van der Waals surface area (Å²) < 4.78 is 11.0. The molecule has 0 saturated carbocycles. The molecule has 3 atom stereocenters. The third-order valence-corrected chi connectivity index (χ3v) is 7.03. The third kappa shape index (κ3) is 2.51. The van der Waals surface area contributed by atoms with Gasteiger partial charge in [-0.05, 0) is 49.5 Å². The van der Waals surface area contributed by atoms with E-state index >= 15 is 0 Å². The number of ether oxygens (including phenoxy) is 2. The molecule has 2 bridgehead atoms. The first-order valence-electron chi connectivity index (χ1n) is 10.2. The van der Waals surface area contributed by atoms with Gasteiger partial charge in [0.15, 0.2) is 11.5 Å². The molecule has 1 amide bonds. The number of hydrogen-bond donors (Lipinski definition) is 1. The number of fused-ring (bicyclic) bond motifs is 3. The molecule has 0 aliphatic carbocycles. The summed E-state index contributed by atoms with van der Waals surface area (Å²) in [4.78, 5) is 36.5. The fraction of sp³-hybridized carbons (Fsp3) is 0.476. The van der Waals surface area contributed by atoms with Crippen molar-refractivity contribution in [3.8, 4) is 11.5 Å². The summed E-state index contributed by atoms with van der Waals surface area (Å²) in [6.45, 7) is 2.98. The minimum atomic E-state index is -0.380. The Kier molecular flexibility index (Phi) is 3.71. The van der Waals surface area contributed by atoms with Crippen molar-refractivity contribution in [2.75, 3.05) is 26.4 Å². The topological polar surface area (TPSA) is 87.8 Å². The highest BCUT2D eigenvalue weighted by Gasteiger charge is 2.55. The number of likely N-dealkylation sites (tertiary alicyclic amines) is 1. The first-order valence-corrected chi connectivity index (χ1v) is 10.2. The molecule has 2 aromatic rings. The maximum atomic E-state index is 13.4. The van der Waals surface area contributed by atoms with E-state index in [0.717, 1.165) is 43.0 Å². The third-order valence-electron chi connectivity index (χ3n) is 7.03. The SMILES string of the molecule is O=C(c1cnc[nH]c1=O)N1C[C@H](c2ccc3c(c2)OCO3)[C@H]2[C@@H]1C1CCN2CC1. The predicted molar refractivity (Wildman–Crippen MR) is 103 cm³/mol. The number of hydrogen-bond acceptors (Lipinski definition) is 6. The van der Waals surface area contributed by atoms with E-state index in [1.807, 2.05) is 11.0 Å². The molecule has 5 aliphatic rings. The van der Waals surface area contributed by atoms with Crippen LogP contribution in [0.15, 0.2) is 35.5 Å². The maximum absolute atomic E-state index is 13.4. The highest BCUT2D eigenvalue weighted by atomic mass is 16.7. The Balaban J connectivity index is 1.40. The van der Waals surface area contributed by atoms with Crippen LogP contribution in [0.4, 0.5) is 0 Å². The fourth-order valence-corrected chi connectivity index (χ4v) is 5.74. The number of nitrogens with zero attached hydrogens (tertiary/aromatic N) is 3. The van der Waals surface area contributed by atoms with Gasteiger partial charge in [-0.3, -0.25) is 14.5 Å². The van der Waals surface area contributed by atoms with Gasteiger partial charge in [0.05, 0.1) is 12.4 Å². The minimum absolute atomic E-state index is 0.119. The first-order chi connectivity index (χ1) is 14.2. The number of carbonyl (C=O) groups is 1. The molecular weight excluding hydrogens is 372 g/mol. The second-order valence-corrected chi connectivity index (χ2v) is 8.33. The van der Waals surface area contributed by atoms with Gasteiger partial charge in [0.25, 0.3) is 11.5 Å². The summed E-state index contributed by atoms with van der Waals surface area (Å²) >= 11 is 0. The van der Waals surface area contributed by atoms with Crippen LogP contribution >= 0.6 is 0 Å².